The second-order valence-corrected chi connectivity index (χ2v) is 4.21. The Morgan fingerprint density at radius 2 is 1.81 bits per heavy atom. The van der Waals surface area contributed by atoms with E-state index in [1.165, 1.54) is 18.2 Å². The Morgan fingerprint density at radius 1 is 1.19 bits per heavy atom. The van der Waals surface area contributed by atoms with Crippen LogP contribution in [0.1, 0.15) is 35.9 Å². The first kappa shape index (κ1) is 16.9. The summed E-state index contributed by atoms with van der Waals surface area (Å²) >= 11 is 0. The molecule has 0 aromatic heterocycles. The maximum atomic E-state index is 11.7. The fourth-order valence-corrected chi connectivity index (χ4v) is 1.68. The van der Waals surface area contributed by atoms with Gasteiger partial charge in [-0.2, -0.15) is 0 Å². The minimum atomic E-state index is -1.75. The predicted octanol–water partition coefficient (Wildman–Crippen LogP) is 0.403. The lowest BCUT2D eigenvalue weighted by molar-refractivity contribution is -0.159. The van der Waals surface area contributed by atoms with Crippen molar-refractivity contribution in [2.24, 2.45) is 0 Å². The van der Waals surface area contributed by atoms with Crippen LogP contribution in [0.25, 0.3) is 0 Å². The van der Waals surface area contributed by atoms with Gasteiger partial charge in [-0.1, -0.05) is 6.07 Å². The van der Waals surface area contributed by atoms with Crippen molar-refractivity contribution in [2.75, 3.05) is 18.9 Å². The van der Waals surface area contributed by atoms with Crippen LogP contribution < -0.4 is 5.73 Å². The van der Waals surface area contributed by atoms with E-state index < -0.39 is 24.1 Å². The molecule has 2 atom stereocenters. The summed E-state index contributed by atoms with van der Waals surface area (Å²) in [4.78, 5) is 23.1. The van der Waals surface area contributed by atoms with E-state index in [1.54, 1.807) is 13.8 Å². The van der Waals surface area contributed by atoms with Crippen LogP contribution >= 0.6 is 0 Å². The zero-order valence-electron chi connectivity index (χ0n) is 11.9. The lowest BCUT2D eigenvalue weighted by atomic mass is 10.0. The molecule has 1 aromatic carbocycles. The van der Waals surface area contributed by atoms with Gasteiger partial charge in [-0.25, -0.2) is 9.59 Å². The standard InChI is InChI=1S/C14H19NO6/c1-3-20-13(18)9-7-8(5-6-10(9)15)11(16)12(17)14(19)21-4-2/h5-7,11-12,16-17H,3-4,15H2,1-2H3. The Morgan fingerprint density at radius 3 is 2.38 bits per heavy atom. The van der Waals surface area contributed by atoms with Gasteiger partial charge >= 0.3 is 11.9 Å². The number of aliphatic hydroxyl groups is 2. The Bertz CT molecular complexity index is 516. The molecule has 2 unspecified atom stereocenters. The second kappa shape index (κ2) is 7.61. The molecule has 116 valence electrons. The highest BCUT2D eigenvalue weighted by Gasteiger charge is 2.28. The van der Waals surface area contributed by atoms with Crippen LogP contribution in [-0.2, 0) is 14.3 Å². The van der Waals surface area contributed by atoms with Crippen molar-refractivity contribution in [3.05, 3.63) is 29.3 Å². The van der Waals surface area contributed by atoms with Crippen LogP contribution in [-0.4, -0.2) is 41.5 Å². The third-order valence-corrected chi connectivity index (χ3v) is 2.74. The normalized spacial score (nSPS) is 13.3. The smallest absolute Gasteiger partial charge is 0.340 e. The molecule has 0 aliphatic heterocycles. The Balaban J connectivity index is 3.00. The molecule has 7 heteroatoms. The highest BCUT2D eigenvalue weighted by Crippen LogP contribution is 2.23. The summed E-state index contributed by atoms with van der Waals surface area (Å²) in [5.74, 6) is -1.59. The number of nitrogens with two attached hydrogens (primary N) is 1. The molecule has 4 N–H and O–H groups in total. The Hall–Kier alpha value is -2.12. The minimum Gasteiger partial charge on any atom is -0.464 e. The van der Waals surface area contributed by atoms with Gasteiger partial charge < -0.3 is 25.4 Å². The molecule has 0 heterocycles. The van der Waals surface area contributed by atoms with Crippen molar-refractivity contribution in [2.45, 2.75) is 26.1 Å². The van der Waals surface area contributed by atoms with Crippen LogP contribution in [0.3, 0.4) is 0 Å². The van der Waals surface area contributed by atoms with Crippen LogP contribution in [0.2, 0.25) is 0 Å². The first-order valence-electron chi connectivity index (χ1n) is 6.51. The number of esters is 2. The van der Waals surface area contributed by atoms with Crippen LogP contribution in [0.4, 0.5) is 5.69 Å². The molecule has 21 heavy (non-hydrogen) atoms. The Kier molecular flexibility index (Phi) is 6.13. The number of aliphatic hydroxyl groups excluding tert-OH is 2. The molecule has 0 amide bonds. The zero-order valence-corrected chi connectivity index (χ0v) is 11.9. The van der Waals surface area contributed by atoms with E-state index in [-0.39, 0.29) is 30.0 Å². The number of nitrogen functional groups attached to an aromatic ring is 1. The summed E-state index contributed by atoms with van der Waals surface area (Å²) in [7, 11) is 0. The number of hydrogen-bond acceptors (Lipinski definition) is 7. The molecule has 0 fully saturated rings. The van der Waals surface area contributed by atoms with Crippen molar-refractivity contribution in [1.29, 1.82) is 0 Å². The predicted molar refractivity (Wildman–Crippen MR) is 74.4 cm³/mol. The molecule has 0 bridgehead atoms. The number of ether oxygens (including phenoxy) is 2. The van der Waals surface area contributed by atoms with E-state index in [0.29, 0.717) is 0 Å². The molecular weight excluding hydrogens is 278 g/mol. The topological polar surface area (TPSA) is 119 Å². The van der Waals surface area contributed by atoms with E-state index in [1.807, 2.05) is 0 Å². The van der Waals surface area contributed by atoms with E-state index in [0.717, 1.165) is 0 Å². The van der Waals surface area contributed by atoms with Crippen molar-refractivity contribution in [3.8, 4) is 0 Å². The molecule has 1 aromatic rings. The van der Waals surface area contributed by atoms with Crippen molar-refractivity contribution in [1.82, 2.24) is 0 Å². The average Bonchev–Trinajstić information content (AvgIpc) is 2.46. The molecule has 0 aliphatic carbocycles. The minimum absolute atomic E-state index is 0.0597. The van der Waals surface area contributed by atoms with Crippen LogP contribution in [0, 0.1) is 0 Å². The van der Waals surface area contributed by atoms with Crippen LogP contribution in [0.15, 0.2) is 18.2 Å². The lowest BCUT2D eigenvalue weighted by Gasteiger charge is -2.17. The molecule has 0 saturated carbocycles. The third kappa shape index (κ3) is 4.17. The number of carbonyl (C=O) groups is 2. The van der Waals surface area contributed by atoms with Gasteiger partial charge in [-0.05, 0) is 31.5 Å². The van der Waals surface area contributed by atoms with Crippen molar-refractivity contribution < 1.29 is 29.3 Å². The quantitative estimate of drug-likeness (QED) is 0.513. The summed E-state index contributed by atoms with van der Waals surface area (Å²) in [6, 6.07) is 4.08. The van der Waals surface area contributed by atoms with E-state index >= 15 is 0 Å². The van der Waals surface area contributed by atoms with E-state index in [9.17, 15) is 19.8 Å². The van der Waals surface area contributed by atoms with Gasteiger partial charge in [-0.15, -0.1) is 0 Å². The Labute approximate surface area is 122 Å². The second-order valence-electron chi connectivity index (χ2n) is 4.21. The summed E-state index contributed by atoms with van der Waals surface area (Å²) in [5.41, 5.74) is 6.06. The molecule has 0 radical (unpaired) electrons. The molecule has 0 saturated heterocycles. The SMILES string of the molecule is CCOC(=O)c1cc(C(O)C(O)C(=O)OCC)ccc1N. The summed E-state index contributed by atoms with van der Waals surface area (Å²) in [6.45, 7) is 3.49. The summed E-state index contributed by atoms with van der Waals surface area (Å²) in [6.07, 6.45) is -3.28. The van der Waals surface area contributed by atoms with Crippen LogP contribution in [0.5, 0.6) is 0 Å². The number of anilines is 1. The number of hydrogen-bond donors (Lipinski definition) is 3. The third-order valence-electron chi connectivity index (χ3n) is 2.74. The van der Waals surface area contributed by atoms with Gasteiger partial charge in [0, 0.05) is 5.69 Å². The van der Waals surface area contributed by atoms with E-state index in [2.05, 4.69) is 4.74 Å². The van der Waals surface area contributed by atoms with Gasteiger partial charge in [-0.3, -0.25) is 0 Å². The number of rotatable bonds is 6. The summed E-state index contributed by atoms with van der Waals surface area (Å²) < 4.78 is 9.46. The maximum absolute atomic E-state index is 11.7. The number of carbonyl (C=O) groups excluding carboxylic acids is 2. The molecule has 1 rings (SSSR count). The van der Waals surface area contributed by atoms with E-state index in [4.69, 9.17) is 10.5 Å². The first-order chi connectivity index (χ1) is 9.92. The van der Waals surface area contributed by atoms with Crippen molar-refractivity contribution in [3.63, 3.8) is 0 Å². The monoisotopic (exact) mass is 297 g/mol. The van der Waals surface area contributed by atoms with Gasteiger partial charge in [0.25, 0.3) is 0 Å². The van der Waals surface area contributed by atoms with Gasteiger partial charge in [0.15, 0.2) is 6.10 Å². The van der Waals surface area contributed by atoms with Gasteiger partial charge in [0.1, 0.15) is 6.10 Å². The number of benzene rings is 1. The summed E-state index contributed by atoms with van der Waals surface area (Å²) in [5, 5.41) is 19.7. The first-order valence-corrected chi connectivity index (χ1v) is 6.51. The highest BCUT2D eigenvalue weighted by molar-refractivity contribution is 5.95. The molecular formula is C14H19NO6. The largest absolute Gasteiger partial charge is 0.464 e. The highest BCUT2D eigenvalue weighted by atomic mass is 16.5. The zero-order chi connectivity index (χ0) is 16.0. The molecule has 7 nitrogen and oxygen atoms in total. The average molecular weight is 297 g/mol. The van der Waals surface area contributed by atoms with Gasteiger partial charge in [0.05, 0.1) is 18.8 Å². The molecule has 0 aliphatic rings. The lowest BCUT2D eigenvalue weighted by Crippen LogP contribution is -2.30. The van der Waals surface area contributed by atoms with Crippen molar-refractivity contribution >= 4 is 17.6 Å². The fourth-order valence-electron chi connectivity index (χ4n) is 1.68. The molecule has 0 spiro atoms. The van der Waals surface area contributed by atoms with Gasteiger partial charge in [0.2, 0.25) is 0 Å². The fraction of sp³-hybridized carbons (Fsp3) is 0.429. The maximum Gasteiger partial charge on any atom is 0.340 e.